The van der Waals surface area contributed by atoms with Crippen molar-refractivity contribution >= 4 is 16.0 Å². The normalized spacial score (nSPS) is 19.1. The molecule has 1 aliphatic heterocycles. The molecule has 7 heteroatoms. The van der Waals surface area contributed by atoms with Gasteiger partial charge in [-0.15, -0.1) is 0 Å². The SMILES string of the molecule is CCC[NH+]1CNC(NS(=O)(=O)c2ccc(C)cc2)=[NH+]C1. The summed E-state index contributed by atoms with van der Waals surface area (Å²) < 4.78 is 26.9. The molecular weight excluding hydrogens is 276 g/mol. The lowest BCUT2D eigenvalue weighted by Gasteiger charge is -2.19. The zero-order valence-electron chi connectivity index (χ0n) is 11.9. The van der Waals surface area contributed by atoms with Gasteiger partial charge in [0.1, 0.15) is 4.90 Å². The molecule has 0 fully saturated rings. The van der Waals surface area contributed by atoms with E-state index in [1.54, 1.807) is 24.3 Å². The third kappa shape index (κ3) is 3.71. The predicted molar refractivity (Wildman–Crippen MR) is 76.5 cm³/mol. The van der Waals surface area contributed by atoms with Gasteiger partial charge in [-0.2, -0.15) is 13.1 Å². The van der Waals surface area contributed by atoms with Gasteiger partial charge in [0.2, 0.25) is 0 Å². The number of guanidine groups is 1. The van der Waals surface area contributed by atoms with E-state index in [0.29, 0.717) is 19.3 Å². The fraction of sp³-hybridized carbons (Fsp3) is 0.462. The first-order chi connectivity index (χ1) is 9.51. The molecule has 0 aliphatic carbocycles. The van der Waals surface area contributed by atoms with Gasteiger partial charge in [-0.25, -0.2) is 10.3 Å². The molecule has 6 nitrogen and oxygen atoms in total. The van der Waals surface area contributed by atoms with Gasteiger partial charge < -0.3 is 0 Å². The van der Waals surface area contributed by atoms with Crippen LogP contribution >= 0.6 is 0 Å². The number of rotatable bonds is 4. The summed E-state index contributed by atoms with van der Waals surface area (Å²) >= 11 is 0. The number of benzene rings is 1. The molecule has 0 aromatic heterocycles. The van der Waals surface area contributed by atoms with Gasteiger partial charge in [0, 0.05) is 0 Å². The van der Waals surface area contributed by atoms with Crippen LogP contribution in [0.15, 0.2) is 29.2 Å². The van der Waals surface area contributed by atoms with Crippen LogP contribution in [0.4, 0.5) is 0 Å². The minimum Gasteiger partial charge on any atom is -0.277 e. The quantitative estimate of drug-likeness (QED) is 0.497. The van der Waals surface area contributed by atoms with E-state index in [2.05, 4.69) is 22.0 Å². The third-order valence-corrected chi connectivity index (χ3v) is 4.57. The van der Waals surface area contributed by atoms with E-state index in [-0.39, 0.29) is 4.90 Å². The first-order valence-electron chi connectivity index (χ1n) is 6.79. The van der Waals surface area contributed by atoms with Crippen molar-refractivity contribution in [2.45, 2.75) is 25.2 Å². The van der Waals surface area contributed by atoms with Gasteiger partial charge in [0.15, 0.2) is 13.3 Å². The standard InChI is InChI=1S/C13H20N4O2S/c1-3-8-17-9-14-13(15-10-17)16-20(18,19)12-6-4-11(2)5-7-12/h4-7H,3,8-10H2,1-2H3,(H2,14,15,16)/p+2. The maximum absolute atomic E-state index is 12.2. The number of hydrogen-bond donors (Lipinski definition) is 4. The lowest BCUT2D eigenvalue weighted by molar-refractivity contribution is -0.980. The summed E-state index contributed by atoms with van der Waals surface area (Å²) in [5, 5.41) is 3.07. The van der Waals surface area contributed by atoms with Crippen molar-refractivity contribution in [1.82, 2.24) is 10.0 Å². The Labute approximate surface area is 119 Å². The molecule has 20 heavy (non-hydrogen) atoms. The fourth-order valence-electron chi connectivity index (χ4n) is 2.06. The van der Waals surface area contributed by atoms with Crippen LogP contribution in [0.5, 0.6) is 0 Å². The Morgan fingerprint density at radius 2 is 2.05 bits per heavy atom. The first-order valence-corrected chi connectivity index (χ1v) is 8.27. The van der Waals surface area contributed by atoms with Crippen LogP contribution in [0, 0.1) is 6.92 Å². The van der Waals surface area contributed by atoms with Gasteiger partial charge in [-0.3, -0.25) is 4.90 Å². The van der Waals surface area contributed by atoms with Crippen LogP contribution in [-0.4, -0.2) is 34.3 Å². The smallest absolute Gasteiger partial charge is 0.277 e. The van der Waals surface area contributed by atoms with Crippen LogP contribution in [0.3, 0.4) is 0 Å². The van der Waals surface area contributed by atoms with E-state index in [9.17, 15) is 8.42 Å². The number of aryl methyl sites for hydroxylation is 1. The van der Waals surface area contributed by atoms with Crippen LogP contribution in [0.1, 0.15) is 18.9 Å². The van der Waals surface area contributed by atoms with Gasteiger partial charge >= 0.3 is 16.0 Å². The molecule has 1 heterocycles. The summed E-state index contributed by atoms with van der Waals surface area (Å²) in [6.07, 6.45) is 1.10. The molecule has 0 amide bonds. The van der Waals surface area contributed by atoms with Crippen LogP contribution in [0.2, 0.25) is 0 Å². The predicted octanol–water partition coefficient (Wildman–Crippen LogP) is -2.48. The Kier molecular flexibility index (Phi) is 4.61. The van der Waals surface area contributed by atoms with Crippen molar-refractivity contribution in [3.63, 3.8) is 0 Å². The summed E-state index contributed by atoms with van der Waals surface area (Å²) in [6.45, 7) is 6.54. The Balaban J connectivity index is 2.04. The zero-order chi connectivity index (χ0) is 14.6. The minimum atomic E-state index is -3.53. The van der Waals surface area contributed by atoms with E-state index in [1.807, 2.05) is 6.92 Å². The highest BCUT2D eigenvalue weighted by atomic mass is 32.2. The Hall–Kier alpha value is -1.60. The lowest BCUT2D eigenvalue weighted by atomic mass is 10.2. The third-order valence-electron chi connectivity index (χ3n) is 3.20. The molecule has 1 aromatic carbocycles. The Morgan fingerprint density at radius 3 is 2.60 bits per heavy atom. The first kappa shape index (κ1) is 14.8. The summed E-state index contributed by atoms with van der Waals surface area (Å²) in [5.41, 5.74) is 1.03. The lowest BCUT2D eigenvalue weighted by Crippen LogP contribution is -3.24. The van der Waals surface area contributed by atoms with E-state index in [1.165, 1.54) is 4.90 Å². The molecular formula is C13H22N4O2S+2. The Bertz CT molecular complexity index is 581. The zero-order valence-corrected chi connectivity index (χ0v) is 12.7. The van der Waals surface area contributed by atoms with Crippen molar-refractivity contribution in [3.05, 3.63) is 29.8 Å². The van der Waals surface area contributed by atoms with E-state index in [0.717, 1.165) is 18.5 Å². The molecule has 4 N–H and O–H groups in total. The summed E-state index contributed by atoms with van der Waals surface area (Å²) in [7, 11) is -3.53. The van der Waals surface area contributed by atoms with Crippen molar-refractivity contribution in [2.75, 3.05) is 19.9 Å². The van der Waals surface area contributed by atoms with Gasteiger partial charge in [0.25, 0.3) is 0 Å². The average molecular weight is 298 g/mol. The van der Waals surface area contributed by atoms with Crippen molar-refractivity contribution < 1.29 is 18.3 Å². The molecule has 0 bridgehead atoms. The van der Waals surface area contributed by atoms with Gasteiger partial charge in [0.05, 0.1) is 6.54 Å². The number of sulfonamides is 1. The number of hydrogen-bond acceptors (Lipinski definition) is 3. The Morgan fingerprint density at radius 1 is 1.35 bits per heavy atom. The van der Waals surface area contributed by atoms with Crippen LogP contribution in [0.25, 0.3) is 0 Å². The molecule has 2 rings (SSSR count). The maximum atomic E-state index is 12.2. The fourth-order valence-corrected chi connectivity index (χ4v) is 3.09. The van der Waals surface area contributed by atoms with Crippen molar-refractivity contribution in [1.29, 1.82) is 0 Å². The van der Waals surface area contributed by atoms with Crippen molar-refractivity contribution in [3.8, 4) is 0 Å². The second kappa shape index (κ2) is 6.23. The largest absolute Gasteiger partial charge is 0.367 e. The van der Waals surface area contributed by atoms with E-state index in [4.69, 9.17) is 0 Å². The number of quaternary nitrogens is 1. The minimum absolute atomic E-state index is 0.266. The topological polar surface area (TPSA) is 76.6 Å². The second-order valence-electron chi connectivity index (χ2n) is 5.00. The molecule has 110 valence electrons. The highest BCUT2D eigenvalue weighted by molar-refractivity contribution is 7.90. The van der Waals surface area contributed by atoms with Gasteiger partial charge in [-0.05, 0) is 25.5 Å². The molecule has 0 saturated carbocycles. The van der Waals surface area contributed by atoms with Crippen molar-refractivity contribution in [2.24, 2.45) is 0 Å². The highest BCUT2D eigenvalue weighted by Crippen LogP contribution is 2.09. The molecule has 0 radical (unpaired) electrons. The van der Waals surface area contributed by atoms with Crippen LogP contribution in [-0.2, 0) is 10.0 Å². The summed E-state index contributed by atoms with van der Waals surface area (Å²) in [5.74, 6) is 0.449. The molecule has 0 saturated heterocycles. The van der Waals surface area contributed by atoms with Crippen LogP contribution < -0.4 is 19.9 Å². The van der Waals surface area contributed by atoms with E-state index >= 15 is 0 Å². The monoisotopic (exact) mass is 298 g/mol. The molecule has 1 atom stereocenters. The van der Waals surface area contributed by atoms with E-state index < -0.39 is 10.0 Å². The molecule has 1 unspecified atom stereocenters. The molecule has 1 aromatic rings. The maximum Gasteiger partial charge on any atom is 0.367 e. The highest BCUT2D eigenvalue weighted by Gasteiger charge is 2.25. The van der Waals surface area contributed by atoms with Gasteiger partial charge in [-0.1, -0.05) is 24.6 Å². The summed E-state index contributed by atoms with van der Waals surface area (Å²) in [4.78, 5) is 4.69. The number of nitrogens with one attached hydrogen (secondary N) is 4. The second-order valence-corrected chi connectivity index (χ2v) is 6.68. The molecule has 0 spiro atoms. The summed E-state index contributed by atoms with van der Waals surface area (Å²) in [6, 6.07) is 6.79. The molecule has 1 aliphatic rings. The average Bonchev–Trinajstić information content (AvgIpc) is 2.41.